The van der Waals surface area contributed by atoms with E-state index in [1.165, 1.54) is 66.8 Å². The molecule has 0 heterocycles. The van der Waals surface area contributed by atoms with E-state index in [4.69, 9.17) is 0 Å². The molecule has 68 heavy (non-hydrogen) atoms. The molecule has 12 rings (SSSR count). The topological polar surface area (TPSA) is 0 Å². The van der Waals surface area contributed by atoms with E-state index in [0.29, 0.717) is 0 Å². The van der Waals surface area contributed by atoms with Gasteiger partial charge in [-0.25, -0.2) is 0 Å². The van der Waals surface area contributed by atoms with Gasteiger partial charge in [0.15, 0.2) is 0 Å². The third-order valence-electron chi connectivity index (χ3n) is 17.2. The van der Waals surface area contributed by atoms with Crippen LogP contribution in [0, 0.1) is 5.41 Å². The molecular weight excluding hydrogens is 817 g/mol. The Morgan fingerprint density at radius 3 is 0.559 bits per heavy atom. The van der Waals surface area contributed by atoms with Crippen LogP contribution in [0.15, 0.2) is 218 Å². The molecule has 3 aliphatic rings. The average molecular weight is 877 g/mol. The highest BCUT2D eigenvalue weighted by Gasteiger charge is 2.82. The molecule has 3 aliphatic carbocycles. The molecule has 0 aromatic heterocycles. The van der Waals surface area contributed by atoms with Crippen molar-refractivity contribution in [2.75, 3.05) is 0 Å². The quantitative estimate of drug-likeness (QED) is 0.115. The van der Waals surface area contributed by atoms with Crippen molar-refractivity contribution in [1.82, 2.24) is 0 Å². The summed E-state index contributed by atoms with van der Waals surface area (Å²) in [5.41, 5.74) is 23.6. The summed E-state index contributed by atoms with van der Waals surface area (Å²) < 4.78 is 0. The monoisotopic (exact) mass is 876 g/mol. The normalized spacial score (nSPS) is 21.5. The molecular formula is C68H60. The smallest absolute Gasteiger partial charge is 0.0286 e. The van der Waals surface area contributed by atoms with E-state index in [9.17, 15) is 0 Å². The van der Waals surface area contributed by atoms with Gasteiger partial charge in [-0.3, -0.25) is 0 Å². The number of hydrogen-bond acceptors (Lipinski definition) is 0. The van der Waals surface area contributed by atoms with Crippen LogP contribution in [0.2, 0.25) is 0 Å². The fourth-order valence-electron chi connectivity index (χ4n) is 14.9. The van der Waals surface area contributed by atoms with Gasteiger partial charge in [-0.2, -0.15) is 0 Å². The molecule has 0 saturated carbocycles. The number of rotatable bonds is 12. The zero-order valence-corrected chi connectivity index (χ0v) is 40.0. The van der Waals surface area contributed by atoms with Gasteiger partial charge in [-0.05, 0) is 156 Å². The largest absolute Gasteiger partial charge is 0.0653 e. The van der Waals surface area contributed by atoms with E-state index in [0.717, 1.165) is 38.5 Å². The van der Waals surface area contributed by atoms with Crippen molar-refractivity contribution in [3.63, 3.8) is 0 Å². The zero-order chi connectivity index (χ0) is 46.1. The summed E-state index contributed by atoms with van der Waals surface area (Å²) in [5, 5.41) is 0. The van der Waals surface area contributed by atoms with Crippen LogP contribution >= 0.6 is 0 Å². The van der Waals surface area contributed by atoms with Crippen molar-refractivity contribution in [3.05, 3.63) is 252 Å². The molecule has 0 N–H and O–H groups in total. The van der Waals surface area contributed by atoms with Crippen molar-refractivity contribution < 1.29 is 0 Å². The van der Waals surface area contributed by atoms with Gasteiger partial charge < -0.3 is 0 Å². The van der Waals surface area contributed by atoms with Crippen molar-refractivity contribution in [3.8, 4) is 66.8 Å². The van der Waals surface area contributed by atoms with Gasteiger partial charge in [0.2, 0.25) is 0 Å². The molecule has 0 atom stereocenters. The highest BCUT2D eigenvalue weighted by Crippen LogP contribution is 2.86. The molecule has 0 amide bonds. The Morgan fingerprint density at radius 1 is 0.250 bits per heavy atom. The summed E-state index contributed by atoms with van der Waals surface area (Å²) in [7, 11) is 0. The van der Waals surface area contributed by atoms with E-state index in [1.54, 1.807) is 33.4 Å². The Labute approximate surface area is 404 Å². The third-order valence-corrected chi connectivity index (χ3v) is 17.2. The van der Waals surface area contributed by atoms with Crippen LogP contribution in [0.1, 0.15) is 99.6 Å². The van der Waals surface area contributed by atoms with Crippen molar-refractivity contribution in [2.45, 2.75) is 82.5 Å². The van der Waals surface area contributed by atoms with E-state index in [1.807, 2.05) is 0 Å². The Balaban J connectivity index is 1.33. The first kappa shape index (κ1) is 42.3. The molecule has 9 aromatic carbocycles. The highest BCUT2D eigenvalue weighted by molar-refractivity contribution is 5.94. The fourth-order valence-corrected chi connectivity index (χ4v) is 14.9. The standard InChI is InChI=1S/C68H60/c1-5-38-66-59-41-53(47-26-14-8-15-27-47)55(49-30-18-10-19-31-49)43-61(59)67(39-6-2)63-45-57(51-34-22-12-23-35-51)58(52-36-24-13-25-37-52)46-64(63)68(40-7-3,65(66,67)4)62-44-56(50-32-20-11-21-33-50)54(42-60(62)66)48-28-16-9-17-29-48/h8-37,41-46H,5-7,38-40H2,1-4H3. The number of hydrogen-bond donors (Lipinski definition) is 0. The molecule has 0 unspecified atom stereocenters. The first-order valence-corrected chi connectivity index (χ1v) is 25.4. The van der Waals surface area contributed by atoms with Gasteiger partial charge >= 0.3 is 0 Å². The van der Waals surface area contributed by atoms with Crippen LogP contribution in [0.5, 0.6) is 0 Å². The summed E-state index contributed by atoms with van der Waals surface area (Å²) >= 11 is 0. The maximum absolute atomic E-state index is 2.81. The Morgan fingerprint density at radius 2 is 0.412 bits per heavy atom. The summed E-state index contributed by atoms with van der Waals surface area (Å²) in [6.07, 6.45) is 6.39. The summed E-state index contributed by atoms with van der Waals surface area (Å²) in [6, 6.07) is 83.8. The van der Waals surface area contributed by atoms with Gasteiger partial charge in [-0.15, -0.1) is 0 Å². The maximum Gasteiger partial charge on any atom is 0.0286 e. The SMILES string of the molecule is CCCC12c3cc(-c4ccccc4)c(-c4ccccc4)cc3C3(CCC)c4cc(-c5ccccc5)c(-c5ccccc5)cc4C(CCC)(c4cc(-c5ccccc5)c(-c5ccccc5)cc41)C23C. The minimum Gasteiger partial charge on any atom is -0.0653 e. The predicted octanol–water partition coefficient (Wildman–Crippen LogP) is 18.3. The van der Waals surface area contributed by atoms with E-state index in [2.05, 4.69) is 246 Å². The van der Waals surface area contributed by atoms with Crippen LogP contribution in [0.4, 0.5) is 0 Å². The summed E-state index contributed by atoms with van der Waals surface area (Å²) in [4.78, 5) is 0. The minimum atomic E-state index is -0.312. The molecule has 9 aromatic rings. The van der Waals surface area contributed by atoms with E-state index < -0.39 is 0 Å². The summed E-state index contributed by atoms with van der Waals surface area (Å²) in [6.45, 7) is 10.2. The molecule has 0 radical (unpaired) electrons. The lowest BCUT2D eigenvalue weighted by Crippen LogP contribution is -2.54. The van der Waals surface area contributed by atoms with Gasteiger partial charge in [0.1, 0.15) is 0 Å². The van der Waals surface area contributed by atoms with Crippen molar-refractivity contribution in [2.24, 2.45) is 5.41 Å². The molecule has 0 saturated heterocycles. The number of fused-ring (bicyclic) bond motifs is 9. The van der Waals surface area contributed by atoms with Crippen LogP contribution in [-0.2, 0) is 16.2 Å². The van der Waals surface area contributed by atoms with Crippen molar-refractivity contribution >= 4 is 0 Å². The molecule has 0 fully saturated rings. The van der Waals surface area contributed by atoms with Gasteiger partial charge in [0.05, 0.1) is 0 Å². The van der Waals surface area contributed by atoms with Crippen molar-refractivity contribution in [1.29, 1.82) is 0 Å². The Kier molecular flexibility index (Phi) is 10.2. The maximum atomic E-state index is 2.81. The van der Waals surface area contributed by atoms with Crippen LogP contribution in [0.25, 0.3) is 66.8 Å². The van der Waals surface area contributed by atoms with Gasteiger partial charge in [0, 0.05) is 21.7 Å². The second-order valence-electron chi connectivity index (χ2n) is 20.1. The van der Waals surface area contributed by atoms with Crippen LogP contribution in [-0.4, -0.2) is 0 Å². The lowest BCUT2D eigenvalue weighted by atomic mass is 9.48. The van der Waals surface area contributed by atoms with Crippen LogP contribution < -0.4 is 0 Å². The molecule has 0 bridgehead atoms. The first-order valence-electron chi connectivity index (χ1n) is 25.4. The summed E-state index contributed by atoms with van der Waals surface area (Å²) in [5.74, 6) is 0. The van der Waals surface area contributed by atoms with Gasteiger partial charge in [-0.1, -0.05) is 229 Å². The molecule has 0 nitrogen and oxygen atoms in total. The lowest BCUT2D eigenvalue weighted by Gasteiger charge is -2.53. The van der Waals surface area contributed by atoms with E-state index in [-0.39, 0.29) is 21.7 Å². The predicted molar refractivity (Wildman–Crippen MR) is 287 cm³/mol. The molecule has 0 heteroatoms. The molecule has 0 aliphatic heterocycles. The Hall–Kier alpha value is -7.02. The highest BCUT2D eigenvalue weighted by atomic mass is 14.8. The first-order chi connectivity index (χ1) is 33.5. The fraction of sp³-hybridized carbons (Fsp3) is 0.206. The molecule has 332 valence electrons. The third kappa shape index (κ3) is 5.61. The van der Waals surface area contributed by atoms with E-state index >= 15 is 0 Å². The van der Waals surface area contributed by atoms with Gasteiger partial charge in [0.25, 0.3) is 0 Å². The molecule has 0 spiro atoms. The zero-order valence-electron chi connectivity index (χ0n) is 40.0. The minimum absolute atomic E-state index is 0.266. The Bertz CT molecular complexity index is 2740. The lowest BCUT2D eigenvalue weighted by molar-refractivity contribution is 0.0540. The second-order valence-corrected chi connectivity index (χ2v) is 20.1. The number of benzene rings is 9. The second kappa shape index (κ2) is 16.3. The average Bonchev–Trinajstić information content (AvgIpc) is 3.80. The van der Waals surface area contributed by atoms with Crippen LogP contribution in [0.3, 0.4) is 0 Å².